The standard InChI is InChI=1S/C41H51N9O7/c1-24(2)17-29-23-57-30-15-13-27(14-16-30)19-32(45-40(55)33-21-36(52)49(5)41(56)48(33)4)39(54)42-25(3)38(53)44-31(18-26-9-7-6-8-10-26)37-46-34(20-28-11-12-28)47-50(37)22-35(51)43-29/h6-10,13-16,21,24-25,28-29,31-32H,11-12,17-20,22-23H2,1-5H3,(H,42,54)(H,43,51)(H,44,53)(H,45,55)/t25-,29+,31-,32+/m1/s1. The summed E-state index contributed by atoms with van der Waals surface area (Å²) in [4.78, 5) is 85.3. The van der Waals surface area contributed by atoms with Crippen molar-refractivity contribution in [2.45, 2.75) is 90.0 Å². The second-order valence-electron chi connectivity index (χ2n) is 15.5. The van der Waals surface area contributed by atoms with Crippen LogP contribution in [-0.2, 0) is 54.3 Å². The van der Waals surface area contributed by atoms with Crippen molar-refractivity contribution in [1.29, 1.82) is 0 Å². The van der Waals surface area contributed by atoms with Crippen LogP contribution in [0.4, 0.5) is 0 Å². The molecule has 4 atom stereocenters. The SMILES string of the molecule is CC(C)C[C@H]1COc2ccc(cc2)C[C@H](NC(=O)c2cc(=O)n(C)c(=O)n2C)C(=O)N[C@H](C)C(=O)N[C@H](Cc2ccccc2)c2nc(CC3CC3)nn2CC(=O)N1. The fourth-order valence-corrected chi connectivity index (χ4v) is 6.87. The van der Waals surface area contributed by atoms with Gasteiger partial charge < -0.3 is 26.0 Å². The maximum atomic E-state index is 14.0. The molecule has 1 fully saturated rings. The van der Waals surface area contributed by atoms with Crippen LogP contribution in [0.5, 0.6) is 5.75 Å². The van der Waals surface area contributed by atoms with E-state index in [9.17, 15) is 28.8 Å². The molecule has 4 aromatic rings. The Balaban J connectivity index is 1.35. The fraction of sp³-hybridized carbons (Fsp3) is 0.463. The summed E-state index contributed by atoms with van der Waals surface area (Å²) in [7, 11) is 2.66. The van der Waals surface area contributed by atoms with E-state index in [0.717, 1.165) is 33.6 Å². The molecule has 4 amide bonds. The van der Waals surface area contributed by atoms with Crippen LogP contribution in [0.15, 0.2) is 70.3 Å². The average molecular weight is 782 g/mol. The number of benzene rings is 2. The Hall–Kier alpha value is -6.06. The van der Waals surface area contributed by atoms with Crippen molar-refractivity contribution in [3.63, 3.8) is 0 Å². The molecule has 0 radical (unpaired) electrons. The van der Waals surface area contributed by atoms with E-state index >= 15 is 0 Å². The largest absolute Gasteiger partial charge is 0.491 e. The Morgan fingerprint density at radius 1 is 0.912 bits per heavy atom. The summed E-state index contributed by atoms with van der Waals surface area (Å²) in [5, 5.41) is 16.4. The minimum absolute atomic E-state index is 0.000518. The number of fused-ring (bicyclic) bond motifs is 14. The van der Waals surface area contributed by atoms with Crippen LogP contribution in [0, 0.1) is 11.8 Å². The van der Waals surface area contributed by atoms with Crippen molar-refractivity contribution < 1.29 is 23.9 Å². The van der Waals surface area contributed by atoms with Gasteiger partial charge in [0.1, 0.15) is 36.7 Å². The van der Waals surface area contributed by atoms with Crippen molar-refractivity contribution >= 4 is 23.6 Å². The van der Waals surface area contributed by atoms with E-state index in [2.05, 4.69) is 35.1 Å². The van der Waals surface area contributed by atoms with Gasteiger partial charge in [-0.05, 0) is 67.7 Å². The van der Waals surface area contributed by atoms with Gasteiger partial charge in [-0.1, -0.05) is 56.3 Å². The molecule has 0 unspecified atom stereocenters. The highest BCUT2D eigenvalue weighted by Crippen LogP contribution is 2.32. The van der Waals surface area contributed by atoms with Gasteiger partial charge in [-0.25, -0.2) is 14.5 Å². The molecule has 0 saturated heterocycles. The number of amides is 4. The first kappa shape index (κ1) is 40.6. The lowest BCUT2D eigenvalue weighted by Crippen LogP contribution is -2.54. The number of nitrogens with one attached hydrogen (secondary N) is 4. The molecule has 2 aliphatic heterocycles. The smallest absolute Gasteiger partial charge is 0.331 e. The van der Waals surface area contributed by atoms with Gasteiger partial charge in [0.25, 0.3) is 11.5 Å². The van der Waals surface area contributed by atoms with Crippen LogP contribution in [0.2, 0.25) is 0 Å². The zero-order chi connectivity index (χ0) is 40.8. The van der Waals surface area contributed by atoms with E-state index in [1.54, 1.807) is 28.9 Å². The second kappa shape index (κ2) is 17.8. The van der Waals surface area contributed by atoms with Gasteiger partial charge in [-0.2, -0.15) is 5.10 Å². The molecule has 1 aliphatic carbocycles. The molecule has 16 heteroatoms. The summed E-state index contributed by atoms with van der Waals surface area (Å²) < 4.78 is 9.60. The van der Waals surface area contributed by atoms with Crippen molar-refractivity contribution in [2.24, 2.45) is 25.9 Å². The van der Waals surface area contributed by atoms with Crippen molar-refractivity contribution in [1.82, 2.24) is 45.2 Å². The molecule has 2 aromatic heterocycles. The van der Waals surface area contributed by atoms with Crippen LogP contribution in [-0.4, -0.2) is 72.3 Å². The monoisotopic (exact) mass is 781 g/mol. The van der Waals surface area contributed by atoms with Gasteiger partial charge in [0.2, 0.25) is 17.7 Å². The number of hydrogen-bond donors (Lipinski definition) is 4. The minimum Gasteiger partial charge on any atom is -0.491 e. The molecule has 302 valence electrons. The summed E-state index contributed by atoms with van der Waals surface area (Å²) in [5.74, 6) is -0.0311. The summed E-state index contributed by atoms with van der Waals surface area (Å²) in [6.45, 7) is 5.72. The first-order valence-electron chi connectivity index (χ1n) is 19.4. The molecule has 7 rings (SSSR count). The number of ether oxygens (including phenoxy) is 1. The van der Waals surface area contributed by atoms with Gasteiger partial charge >= 0.3 is 5.69 Å². The minimum atomic E-state index is -1.22. The highest BCUT2D eigenvalue weighted by molar-refractivity contribution is 5.97. The third-order valence-electron chi connectivity index (χ3n) is 10.2. The topological polar surface area (TPSA) is 200 Å². The lowest BCUT2D eigenvalue weighted by molar-refractivity contribution is -0.130. The molecule has 2 bridgehead atoms. The lowest BCUT2D eigenvalue weighted by Gasteiger charge is -2.25. The fourth-order valence-electron chi connectivity index (χ4n) is 6.87. The van der Waals surface area contributed by atoms with E-state index in [4.69, 9.17) is 14.8 Å². The van der Waals surface area contributed by atoms with E-state index in [-0.39, 0.29) is 43.1 Å². The van der Waals surface area contributed by atoms with E-state index in [1.807, 2.05) is 30.3 Å². The Kier molecular flexibility index (Phi) is 12.7. The second-order valence-corrected chi connectivity index (χ2v) is 15.5. The molecular weight excluding hydrogens is 731 g/mol. The number of hydrogen-bond acceptors (Lipinski definition) is 9. The Morgan fingerprint density at radius 3 is 2.32 bits per heavy atom. The zero-order valence-electron chi connectivity index (χ0n) is 33.0. The van der Waals surface area contributed by atoms with Gasteiger partial charge in [0.15, 0.2) is 11.6 Å². The van der Waals surface area contributed by atoms with Crippen LogP contribution < -0.4 is 37.3 Å². The highest BCUT2D eigenvalue weighted by Gasteiger charge is 2.31. The number of nitrogens with zero attached hydrogens (tertiary/aromatic N) is 5. The quantitative estimate of drug-likeness (QED) is 0.205. The van der Waals surface area contributed by atoms with Gasteiger partial charge in [-0.3, -0.25) is 33.1 Å². The summed E-state index contributed by atoms with van der Waals surface area (Å²) >= 11 is 0. The molecule has 0 spiro atoms. The van der Waals surface area contributed by atoms with Gasteiger partial charge in [0.05, 0.1) is 12.1 Å². The van der Waals surface area contributed by atoms with E-state index < -0.39 is 47.1 Å². The molecule has 57 heavy (non-hydrogen) atoms. The van der Waals surface area contributed by atoms with Gasteiger partial charge in [-0.15, -0.1) is 0 Å². The number of aromatic nitrogens is 5. The predicted molar refractivity (Wildman–Crippen MR) is 210 cm³/mol. The van der Waals surface area contributed by atoms with Crippen LogP contribution in [0.1, 0.15) is 79.3 Å². The first-order valence-corrected chi connectivity index (χ1v) is 19.4. The zero-order valence-corrected chi connectivity index (χ0v) is 33.0. The maximum Gasteiger partial charge on any atom is 0.331 e. The molecule has 3 aliphatic rings. The molecule has 4 N–H and O–H groups in total. The lowest BCUT2D eigenvalue weighted by atomic mass is 10.0. The number of carbonyl (C=O) groups is 4. The van der Waals surface area contributed by atoms with Crippen LogP contribution >= 0.6 is 0 Å². The van der Waals surface area contributed by atoms with E-state index in [1.165, 1.54) is 21.0 Å². The summed E-state index contributed by atoms with van der Waals surface area (Å²) in [6.07, 6.45) is 3.79. The van der Waals surface area contributed by atoms with Crippen LogP contribution in [0.25, 0.3) is 0 Å². The van der Waals surface area contributed by atoms with Crippen molar-refractivity contribution in [3.8, 4) is 5.75 Å². The Labute approximate surface area is 330 Å². The van der Waals surface area contributed by atoms with Crippen molar-refractivity contribution in [3.05, 3.63) is 110 Å². The highest BCUT2D eigenvalue weighted by atomic mass is 16.5. The van der Waals surface area contributed by atoms with E-state index in [0.29, 0.717) is 48.1 Å². The normalized spacial score (nSPS) is 20.8. The molecule has 2 aromatic carbocycles. The Morgan fingerprint density at radius 2 is 1.63 bits per heavy atom. The van der Waals surface area contributed by atoms with Crippen LogP contribution in [0.3, 0.4) is 0 Å². The Bertz CT molecular complexity index is 2210. The predicted octanol–water partition coefficient (Wildman–Crippen LogP) is 1.50. The molecular formula is C41H51N9O7. The summed E-state index contributed by atoms with van der Waals surface area (Å²) in [5.41, 5.74) is -0.0488. The third kappa shape index (κ3) is 10.6. The first-order chi connectivity index (χ1) is 27.2. The van der Waals surface area contributed by atoms with Gasteiger partial charge in [0, 0.05) is 33.0 Å². The van der Waals surface area contributed by atoms with Crippen molar-refractivity contribution in [2.75, 3.05) is 6.61 Å². The number of carbonyl (C=O) groups excluding carboxylic acids is 4. The number of rotatable bonds is 8. The molecule has 1 saturated carbocycles. The summed E-state index contributed by atoms with van der Waals surface area (Å²) in [6, 6.07) is 14.2. The average Bonchev–Trinajstić information content (AvgIpc) is 3.91. The molecule has 4 heterocycles. The maximum absolute atomic E-state index is 14.0. The molecule has 16 nitrogen and oxygen atoms in total. The third-order valence-corrected chi connectivity index (χ3v) is 10.2.